The van der Waals surface area contributed by atoms with Crippen LogP contribution in [0.5, 0.6) is 5.75 Å². The Kier molecular flexibility index (Phi) is 5.69. The fraction of sp³-hybridized carbons (Fsp3) is 0.364. The van der Waals surface area contributed by atoms with E-state index in [4.69, 9.17) is 9.26 Å². The third-order valence-corrected chi connectivity index (χ3v) is 5.28. The van der Waals surface area contributed by atoms with E-state index in [0.29, 0.717) is 18.3 Å². The Balaban J connectivity index is 1.53. The van der Waals surface area contributed by atoms with Gasteiger partial charge in [-0.25, -0.2) is 0 Å². The van der Waals surface area contributed by atoms with Gasteiger partial charge in [-0.1, -0.05) is 54.5 Å². The fourth-order valence-corrected chi connectivity index (χ4v) is 3.68. The highest BCUT2D eigenvalue weighted by Gasteiger charge is 2.27. The van der Waals surface area contributed by atoms with Gasteiger partial charge in [0, 0.05) is 30.8 Å². The van der Waals surface area contributed by atoms with Crippen LogP contribution in [0.15, 0.2) is 53.1 Å². The van der Waals surface area contributed by atoms with Crippen LogP contribution in [0.1, 0.15) is 30.0 Å². The maximum Gasteiger partial charge on any atom is 0.241 e. The fourth-order valence-electron chi connectivity index (χ4n) is 3.68. The Labute approximate surface area is 165 Å². The first-order valence-electron chi connectivity index (χ1n) is 9.78. The molecular weight excluding hydrogens is 352 g/mol. The van der Waals surface area contributed by atoms with Crippen LogP contribution in [-0.4, -0.2) is 41.8 Å². The van der Waals surface area contributed by atoms with Crippen LogP contribution in [-0.2, 0) is 13.0 Å². The van der Waals surface area contributed by atoms with Crippen molar-refractivity contribution in [3.05, 3.63) is 65.5 Å². The summed E-state index contributed by atoms with van der Waals surface area (Å²) in [6, 6.07) is 16.7. The summed E-state index contributed by atoms with van der Waals surface area (Å²) >= 11 is 0. The van der Waals surface area contributed by atoms with E-state index in [1.54, 1.807) is 7.11 Å². The van der Waals surface area contributed by atoms with Gasteiger partial charge in [-0.3, -0.25) is 4.90 Å². The van der Waals surface area contributed by atoms with E-state index in [0.717, 1.165) is 37.4 Å². The van der Waals surface area contributed by atoms with E-state index in [9.17, 15) is 0 Å². The van der Waals surface area contributed by atoms with Gasteiger partial charge >= 0.3 is 0 Å². The summed E-state index contributed by atoms with van der Waals surface area (Å²) in [5.41, 5.74) is 3.45. The van der Waals surface area contributed by atoms with Gasteiger partial charge in [-0.05, 0) is 18.1 Å². The number of hydrogen-bond acceptors (Lipinski definition) is 6. The van der Waals surface area contributed by atoms with Gasteiger partial charge in [-0.2, -0.15) is 4.98 Å². The summed E-state index contributed by atoms with van der Waals surface area (Å²) in [5.74, 6) is 2.18. The van der Waals surface area contributed by atoms with Gasteiger partial charge in [0.1, 0.15) is 5.75 Å². The molecule has 28 heavy (non-hydrogen) atoms. The zero-order valence-electron chi connectivity index (χ0n) is 16.4. The minimum absolute atomic E-state index is 0.198. The monoisotopic (exact) mass is 378 g/mol. The lowest BCUT2D eigenvalue weighted by molar-refractivity contribution is 0.133. The predicted molar refractivity (Wildman–Crippen MR) is 108 cm³/mol. The normalized spacial score (nSPS) is 17.6. The van der Waals surface area contributed by atoms with E-state index in [1.807, 2.05) is 12.1 Å². The molecule has 0 amide bonds. The van der Waals surface area contributed by atoms with Crippen molar-refractivity contribution in [3.63, 3.8) is 0 Å². The van der Waals surface area contributed by atoms with Crippen molar-refractivity contribution in [1.29, 1.82) is 0 Å². The standard InChI is InChI=1S/C22H26N4O2/c1-3-16-8-10-17(11-9-16)22-24-21(28-25-22)15-26-13-12-23-14-19(26)18-6-4-5-7-20(18)27-2/h4-11,19,23H,3,12-15H2,1-2H3. The topological polar surface area (TPSA) is 63.4 Å². The maximum atomic E-state index is 5.57. The number of benzene rings is 2. The number of nitrogens with one attached hydrogen (secondary N) is 1. The van der Waals surface area contributed by atoms with Crippen LogP contribution < -0.4 is 10.1 Å². The molecule has 6 nitrogen and oxygen atoms in total. The Hall–Kier alpha value is -2.70. The summed E-state index contributed by atoms with van der Waals surface area (Å²) in [4.78, 5) is 7.00. The Morgan fingerprint density at radius 1 is 1.18 bits per heavy atom. The molecule has 146 valence electrons. The number of aromatic nitrogens is 2. The summed E-state index contributed by atoms with van der Waals surface area (Å²) in [6.45, 7) is 5.47. The molecule has 3 aromatic rings. The SMILES string of the molecule is CCc1ccc(-c2noc(CN3CCNCC3c3ccccc3OC)n2)cc1. The van der Waals surface area contributed by atoms with E-state index in [2.05, 4.69) is 63.7 Å². The van der Waals surface area contributed by atoms with Gasteiger partial charge in [-0.15, -0.1) is 0 Å². The highest BCUT2D eigenvalue weighted by Crippen LogP contribution is 2.31. The zero-order valence-corrected chi connectivity index (χ0v) is 16.4. The van der Waals surface area contributed by atoms with Crippen LogP contribution in [0.4, 0.5) is 0 Å². The molecule has 6 heteroatoms. The molecule has 2 aromatic carbocycles. The minimum atomic E-state index is 0.198. The van der Waals surface area contributed by atoms with Gasteiger partial charge < -0.3 is 14.6 Å². The molecule has 1 atom stereocenters. The third-order valence-electron chi connectivity index (χ3n) is 5.28. The number of hydrogen-bond donors (Lipinski definition) is 1. The van der Waals surface area contributed by atoms with Crippen molar-refractivity contribution in [2.24, 2.45) is 0 Å². The summed E-state index contributed by atoms with van der Waals surface area (Å²) in [5, 5.41) is 7.66. The van der Waals surface area contributed by atoms with E-state index in [-0.39, 0.29) is 6.04 Å². The molecule has 1 saturated heterocycles. The Morgan fingerprint density at radius 3 is 2.79 bits per heavy atom. The Morgan fingerprint density at radius 2 is 2.00 bits per heavy atom. The van der Waals surface area contributed by atoms with Gasteiger partial charge in [0.15, 0.2) is 0 Å². The summed E-state index contributed by atoms with van der Waals surface area (Å²) in [6.07, 6.45) is 1.02. The number of rotatable bonds is 6. The second kappa shape index (κ2) is 8.54. The average molecular weight is 378 g/mol. The highest BCUT2D eigenvalue weighted by atomic mass is 16.5. The highest BCUT2D eigenvalue weighted by molar-refractivity contribution is 5.54. The predicted octanol–water partition coefficient (Wildman–Crippen LogP) is 3.45. The second-order valence-corrected chi connectivity index (χ2v) is 6.99. The molecule has 0 aliphatic carbocycles. The molecule has 1 unspecified atom stereocenters. The smallest absolute Gasteiger partial charge is 0.241 e. The second-order valence-electron chi connectivity index (χ2n) is 6.99. The lowest BCUT2D eigenvalue weighted by Crippen LogP contribution is -2.45. The van der Waals surface area contributed by atoms with Crippen molar-refractivity contribution in [2.75, 3.05) is 26.7 Å². The van der Waals surface area contributed by atoms with Crippen LogP contribution >= 0.6 is 0 Å². The van der Waals surface area contributed by atoms with Crippen molar-refractivity contribution >= 4 is 0 Å². The van der Waals surface area contributed by atoms with Crippen molar-refractivity contribution < 1.29 is 9.26 Å². The molecule has 1 aliphatic rings. The number of para-hydroxylation sites is 1. The van der Waals surface area contributed by atoms with Crippen LogP contribution in [0.25, 0.3) is 11.4 Å². The molecule has 0 bridgehead atoms. The van der Waals surface area contributed by atoms with E-state index < -0.39 is 0 Å². The largest absolute Gasteiger partial charge is 0.496 e. The number of ether oxygens (including phenoxy) is 1. The minimum Gasteiger partial charge on any atom is -0.496 e. The summed E-state index contributed by atoms with van der Waals surface area (Å²) in [7, 11) is 1.72. The van der Waals surface area contributed by atoms with Crippen LogP contribution in [0.3, 0.4) is 0 Å². The van der Waals surface area contributed by atoms with Crippen LogP contribution in [0.2, 0.25) is 0 Å². The zero-order chi connectivity index (χ0) is 19.3. The number of nitrogens with zero attached hydrogens (tertiary/aromatic N) is 3. The van der Waals surface area contributed by atoms with E-state index >= 15 is 0 Å². The van der Waals surface area contributed by atoms with Gasteiger partial charge in [0.05, 0.1) is 19.7 Å². The van der Waals surface area contributed by atoms with Crippen molar-refractivity contribution in [1.82, 2.24) is 20.4 Å². The lowest BCUT2D eigenvalue weighted by atomic mass is 10.0. The van der Waals surface area contributed by atoms with Gasteiger partial charge in [0.2, 0.25) is 11.7 Å². The molecule has 0 spiro atoms. The molecule has 1 aromatic heterocycles. The van der Waals surface area contributed by atoms with E-state index in [1.165, 1.54) is 11.1 Å². The lowest BCUT2D eigenvalue weighted by Gasteiger charge is -2.36. The molecular formula is C22H26N4O2. The first-order valence-corrected chi connectivity index (χ1v) is 9.78. The molecule has 1 fully saturated rings. The molecule has 0 radical (unpaired) electrons. The van der Waals surface area contributed by atoms with Gasteiger partial charge in [0.25, 0.3) is 0 Å². The first kappa shape index (κ1) is 18.7. The van der Waals surface area contributed by atoms with Crippen molar-refractivity contribution in [2.45, 2.75) is 25.9 Å². The third kappa shape index (κ3) is 3.93. The number of aryl methyl sites for hydroxylation is 1. The number of methoxy groups -OCH3 is 1. The van der Waals surface area contributed by atoms with Crippen molar-refractivity contribution in [3.8, 4) is 17.1 Å². The first-order chi connectivity index (χ1) is 13.8. The van der Waals surface area contributed by atoms with Crippen LogP contribution in [0, 0.1) is 0 Å². The summed E-state index contributed by atoms with van der Waals surface area (Å²) < 4.78 is 11.1. The molecule has 1 N–H and O–H groups in total. The quantitative estimate of drug-likeness (QED) is 0.709. The maximum absolute atomic E-state index is 5.57. The molecule has 1 aliphatic heterocycles. The Bertz CT molecular complexity index is 907. The molecule has 2 heterocycles. The molecule has 0 saturated carbocycles. The average Bonchev–Trinajstić information content (AvgIpc) is 3.23. The number of piperazine rings is 1. The molecule has 4 rings (SSSR count).